The predicted octanol–water partition coefficient (Wildman–Crippen LogP) is 4.00. The average molecular weight is 275 g/mol. The van der Waals surface area contributed by atoms with E-state index in [1.165, 1.54) is 27.8 Å². The summed E-state index contributed by atoms with van der Waals surface area (Å²) in [5, 5.41) is 3.72. The first kappa shape index (κ1) is 15.5. The third-order valence-electron chi connectivity index (χ3n) is 4.86. The Morgan fingerprint density at radius 2 is 1.80 bits per heavy atom. The minimum atomic E-state index is 0.396. The Labute approximate surface area is 123 Å². The molecule has 0 amide bonds. The Balaban J connectivity index is 2.44. The van der Waals surface area contributed by atoms with Gasteiger partial charge in [0.05, 0.1) is 12.7 Å². The molecule has 0 spiro atoms. The van der Waals surface area contributed by atoms with Crippen LogP contribution in [0.2, 0.25) is 0 Å². The lowest BCUT2D eigenvalue weighted by Gasteiger charge is -2.29. The van der Waals surface area contributed by atoms with E-state index in [2.05, 4.69) is 52.9 Å². The van der Waals surface area contributed by atoms with E-state index in [4.69, 9.17) is 4.74 Å². The van der Waals surface area contributed by atoms with Crippen molar-refractivity contribution in [2.45, 2.75) is 60.1 Å². The zero-order valence-corrected chi connectivity index (χ0v) is 13.8. The second-order valence-corrected chi connectivity index (χ2v) is 6.35. The molecule has 1 aliphatic heterocycles. The molecule has 0 radical (unpaired) electrons. The molecule has 1 saturated heterocycles. The molecule has 0 saturated carbocycles. The number of hydrogen-bond donors (Lipinski definition) is 1. The Kier molecular flexibility index (Phi) is 4.87. The maximum absolute atomic E-state index is 5.81. The molecule has 1 N–H and O–H groups in total. The van der Waals surface area contributed by atoms with Crippen molar-refractivity contribution in [3.8, 4) is 0 Å². The van der Waals surface area contributed by atoms with Gasteiger partial charge in [-0.05, 0) is 75.4 Å². The summed E-state index contributed by atoms with van der Waals surface area (Å²) in [6.07, 6.45) is 1.55. The number of benzene rings is 1. The number of ether oxygens (including phenoxy) is 1. The molecule has 1 fully saturated rings. The van der Waals surface area contributed by atoms with E-state index in [1.54, 1.807) is 0 Å². The van der Waals surface area contributed by atoms with Gasteiger partial charge in [0.25, 0.3) is 0 Å². The third-order valence-corrected chi connectivity index (χ3v) is 4.86. The first-order chi connectivity index (χ1) is 9.45. The largest absolute Gasteiger partial charge is 0.378 e. The van der Waals surface area contributed by atoms with Crippen molar-refractivity contribution >= 4 is 0 Å². The summed E-state index contributed by atoms with van der Waals surface area (Å²) in [7, 11) is 0. The van der Waals surface area contributed by atoms with Crippen LogP contribution in [-0.4, -0.2) is 19.3 Å². The fourth-order valence-electron chi connectivity index (χ4n) is 3.52. The normalized spacial score (nSPS) is 24.1. The molecule has 2 nitrogen and oxygen atoms in total. The molecule has 1 aliphatic rings. The first-order valence-electron chi connectivity index (χ1n) is 7.88. The SMILES string of the molecule is CCNC(c1c(C)c(C)cc(C)c1C)C1COC(C)C1. The highest BCUT2D eigenvalue weighted by atomic mass is 16.5. The lowest BCUT2D eigenvalue weighted by atomic mass is 9.83. The van der Waals surface area contributed by atoms with Crippen molar-refractivity contribution < 1.29 is 4.74 Å². The van der Waals surface area contributed by atoms with E-state index in [1.807, 2.05) is 0 Å². The van der Waals surface area contributed by atoms with Crippen LogP contribution in [-0.2, 0) is 4.74 Å². The summed E-state index contributed by atoms with van der Waals surface area (Å²) >= 11 is 0. The second kappa shape index (κ2) is 6.28. The van der Waals surface area contributed by atoms with Crippen LogP contribution in [0.3, 0.4) is 0 Å². The van der Waals surface area contributed by atoms with E-state index >= 15 is 0 Å². The van der Waals surface area contributed by atoms with Crippen molar-refractivity contribution in [1.82, 2.24) is 5.32 Å². The maximum Gasteiger partial charge on any atom is 0.0551 e. The van der Waals surface area contributed by atoms with Crippen molar-refractivity contribution in [3.63, 3.8) is 0 Å². The minimum Gasteiger partial charge on any atom is -0.378 e. The van der Waals surface area contributed by atoms with Gasteiger partial charge in [-0.3, -0.25) is 0 Å². The van der Waals surface area contributed by atoms with Crippen LogP contribution < -0.4 is 5.32 Å². The van der Waals surface area contributed by atoms with E-state index < -0.39 is 0 Å². The number of rotatable bonds is 4. The zero-order valence-electron chi connectivity index (χ0n) is 13.8. The highest BCUT2D eigenvalue weighted by Crippen LogP contribution is 2.36. The smallest absolute Gasteiger partial charge is 0.0551 e. The van der Waals surface area contributed by atoms with Crippen LogP contribution >= 0.6 is 0 Å². The van der Waals surface area contributed by atoms with Gasteiger partial charge in [-0.2, -0.15) is 0 Å². The molecule has 1 heterocycles. The van der Waals surface area contributed by atoms with Crippen LogP contribution in [0.5, 0.6) is 0 Å². The van der Waals surface area contributed by atoms with E-state index in [9.17, 15) is 0 Å². The molecule has 2 rings (SSSR count). The minimum absolute atomic E-state index is 0.396. The molecule has 112 valence electrons. The summed E-state index contributed by atoms with van der Waals surface area (Å²) in [6.45, 7) is 15.2. The van der Waals surface area contributed by atoms with Gasteiger partial charge >= 0.3 is 0 Å². The summed E-state index contributed by atoms with van der Waals surface area (Å²) in [5.74, 6) is 0.587. The molecule has 0 aromatic heterocycles. The van der Waals surface area contributed by atoms with Crippen molar-refractivity contribution in [1.29, 1.82) is 0 Å². The maximum atomic E-state index is 5.81. The molecule has 1 aromatic carbocycles. The molecular weight excluding hydrogens is 246 g/mol. The lowest BCUT2D eigenvalue weighted by molar-refractivity contribution is 0.117. The molecule has 0 bridgehead atoms. The highest BCUT2D eigenvalue weighted by molar-refractivity contribution is 5.46. The van der Waals surface area contributed by atoms with E-state index in [0.717, 1.165) is 19.6 Å². The Morgan fingerprint density at radius 1 is 1.20 bits per heavy atom. The molecule has 2 heteroatoms. The van der Waals surface area contributed by atoms with Gasteiger partial charge in [0.15, 0.2) is 0 Å². The van der Waals surface area contributed by atoms with Gasteiger partial charge in [-0.1, -0.05) is 13.0 Å². The van der Waals surface area contributed by atoms with Crippen molar-refractivity contribution in [2.24, 2.45) is 5.92 Å². The lowest BCUT2D eigenvalue weighted by Crippen LogP contribution is -2.30. The molecule has 20 heavy (non-hydrogen) atoms. The van der Waals surface area contributed by atoms with Crippen LogP contribution in [0.1, 0.15) is 54.1 Å². The zero-order chi connectivity index (χ0) is 14.9. The van der Waals surface area contributed by atoms with Crippen molar-refractivity contribution in [2.75, 3.05) is 13.2 Å². The highest BCUT2D eigenvalue weighted by Gasteiger charge is 2.32. The van der Waals surface area contributed by atoms with Crippen molar-refractivity contribution in [3.05, 3.63) is 33.9 Å². The number of hydrogen-bond acceptors (Lipinski definition) is 2. The monoisotopic (exact) mass is 275 g/mol. The number of aryl methyl sites for hydroxylation is 2. The van der Waals surface area contributed by atoms with Crippen LogP contribution in [0.25, 0.3) is 0 Å². The standard InChI is InChI=1S/C18H29NO/c1-7-19-18(16-9-13(4)20-10-16)17-14(5)11(2)8-12(3)15(17)6/h8,13,16,18-19H,7,9-10H2,1-6H3. The van der Waals surface area contributed by atoms with Crippen LogP contribution in [0, 0.1) is 33.6 Å². The van der Waals surface area contributed by atoms with Gasteiger partial charge < -0.3 is 10.1 Å². The predicted molar refractivity (Wildman–Crippen MR) is 85.3 cm³/mol. The molecule has 0 aliphatic carbocycles. The first-order valence-corrected chi connectivity index (χ1v) is 7.88. The Morgan fingerprint density at radius 3 is 2.25 bits per heavy atom. The van der Waals surface area contributed by atoms with Gasteiger partial charge in [0.2, 0.25) is 0 Å². The average Bonchev–Trinajstić information content (AvgIpc) is 2.82. The molecular formula is C18H29NO. The Bertz CT molecular complexity index is 455. The quantitative estimate of drug-likeness (QED) is 0.897. The summed E-state index contributed by atoms with van der Waals surface area (Å²) in [4.78, 5) is 0. The van der Waals surface area contributed by atoms with Gasteiger partial charge in [-0.15, -0.1) is 0 Å². The van der Waals surface area contributed by atoms with Gasteiger partial charge in [-0.25, -0.2) is 0 Å². The molecule has 1 aromatic rings. The van der Waals surface area contributed by atoms with Gasteiger partial charge in [0.1, 0.15) is 0 Å². The van der Waals surface area contributed by atoms with Crippen LogP contribution in [0.4, 0.5) is 0 Å². The second-order valence-electron chi connectivity index (χ2n) is 6.35. The molecule has 3 atom stereocenters. The summed E-state index contributed by atoms with van der Waals surface area (Å²) in [5.41, 5.74) is 7.19. The number of nitrogens with one attached hydrogen (secondary N) is 1. The summed E-state index contributed by atoms with van der Waals surface area (Å²) in [6, 6.07) is 2.73. The molecule has 3 unspecified atom stereocenters. The fourth-order valence-corrected chi connectivity index (χ4v) is 3.52. The fraction of sp³-hybridized carbons (Fsp3) is 0.667. The third kappa shape index (κ3) is 2.91. The van der Waals surface area contributed by atoms with E-state index in [-0.39, 0.29) is 0 Å². The summed E-state index contributed by atoms with van der Waals surface area (Å²) < 4.78 is 5.81. The van der Waals surface area contributed by atoms with E-state index in [0.29, 0.717) is 18.1 Å². The van der Waals surface area contributed by atoms with Gasteiger partial charge in [0, 0.05) is 12.0 Å². The van der Waals surface area contributed by atoms with Crippen LogP contribution in [0.15, 0.2) is 6.07 Å². The topological polar surface area (TPSA) is 21.3 Å². The Hall–Kier alpha value is -0.860.